The molecule has 1 N–H and O–H groups in total. The molecule has 0 unspecified atom stereocenters. The van der Waals surface area contributed by atoms with Gasteiger partial charge in [0.2, 0.25) is 0 Å². The third kappa shape index (κ3) is 2.73. The SMILES string of the molecule is Cc1cc(Br)ccc1NC(=O)c1ccncc1F. The Morgan fingerprint density at radius 3 is 2.83 bits per heavy atom. The van der Waals surface area contributed by atoms with Crippen molar-refractivity contribution in [2.24, 2.45) is 0 Å². The normalized spacial score (nSPS) is 10.2. The number of anilines is 1. The van der Waals surface area contributed by atoms with Gasteiger partial charge in [0.15, 0.2) is 5.82 Å². The molecule has 18 heavy (non-hydrogen) atoms. The molecule has 1 aromatic carbocycles. The first-order valence-electron chi connectivity index (χ1n) is 5.25. The third-order valence-corrected chi connectivity index (χ3v) is 2.95. The fraction of sp³-hybridized carbons (Fsp3) is 0.0769. The number of hydrogen-bond acceptors (Lipinski definition) is 2. The van der Waals surface area contributed by atoms with Gasteiger partial charge in [-0.05, 0) is 36.8 Å². The number of hydrogen-bond donors (Lipinski definition) is 1. The molecule has 0 aliphatic carbocycles. The number of halogens is 2. The minimum absolute atomic E-state index is 0.0210. The van der Waals surface area contributed by atoms with Crippen LogP contribution in [-0.4, -0.2) is 10.9 Å². The van der Waals surface area contributed by atoms with E-state index in [-0.39, 0.29) is 5.56 Å². The van der Waals surface area contributed by atoms with Gasteiger partial charge < -0.3 is 5.32 Å². The fourth-order valence-corrected chi connectivity index (χ4v) is 1.99. The van der Waals surface area contributed by atoms with Crippen LogP contribution in [0.5, 0.6) is 0 Å². The lowest BCUT2D eigenvalue weighted by atomic mass is 10.2. The molecule has 0 spiro atoms. The van der Waals surface area contributed by atoms with Crippen molar-refractivity contribution in [3.8, 4) is 0 Å². The molecule has 0 radical (unpaired) electrons. The average molecular weight is 309 g/mol. The van der Waals surface area contributed by atoms with Crippen LogP contribution in [0, 0.1) is 12.7 Å². The number of rotatable bonds is 2. The van der Waals surface area contributed by atoms with Crippen molar-refractivity contribution >= 4 is 27.5 Å². The van der Waals surface area contributed by atoms with Gasteiger partial charge in [0.25, 0.3) is 5.91 Å². The zero-order chi connectivity index (χ0) is 13.1. The highest BCUT2D eigenvalue weighted by molar-refractivity contribution is 9.10. The van der Waals surface area contributed by atoms with Gasteiger partial charge >= 0.3 is 0 Å². The molecule has 1 heterocycles. The summed E-state index contributed by atoms with van der Waals surface area (Å²) in [5, 5.41) is 2.67. The smallest absolute Gasteiger partial charge is 0.258 e. The maximum atomic E-state index is 13.4. The molecule has 3 nitrogen and oxygen atoms in total. The zero-order valence-electron chi connectivity index (χ0n) is 9.58. The van der Waals surface area contributed by atoms with E-state index in [4.69, 9.17) is 0 Å². The van der Waals surface area contributed by atoms with Crippen LogP contribution < -0.4 is 5.32 Å². The van der Waals surface area contributed by atoms with Crippen molar-refractivity contribution in [1.29, 1.82) is 0 Å². The Kier molecular flexibility index (Phi) is 3.72. The van der Waals surface area contributed by atoms with Gasteiger partial charge in [-0.3, -0.25) is 9.78 Å². The Hall–Kier alpha value is -1.75. The first-order valence-corrected chi connectivity index (χ1v) is 6.04. The molecular formula is C13H10BrFN2O. The van der Waals surface area contributed by atoms with Crippen molar-refractivity contribution in [3.05, 3.63) is 58.1 Å². The molecule has 0 aliphatic heterocycles. The Morgan fingerprint density at radius 1 is 1.39 bits per heavy atom. The number of benzene rings is 1. The Labute approximate surface area is 112 Å². The summed E-state index contributed by atoms with van der Waals surface area (Å²) in [6.07, 6.45) is 2.40. The van der Waals surface area contributed by atoms with Crippen LogP contribution in [0.1, 0.15) is 15.9 Å². The van der Waals surface area contributed by atoms with E-state index in [1.165, 1.54) is 12.3 Å². The number of pyridine rings is 1. The lowest BCUT2D eigenvalue weighted by Gasteiger charge is -2.09. The van der Waals surface area contributed by atoms with Crippen LogP contribution in [0.15, 0.2) is 41.1 Å². The van der Waals surface area contributed by atoms with Crippen LogP contribution >= 0.6 is 15.9 Å². The van der Waals surface area contributed by atoms with E-state index < -0.39 is 11.7 Å². The third-order valence-electron chi connectivity index (χ3n) is 2.45. The molecule has 0 bridgehead atoms. The van der Waals surface area contributed by atoms with E-state index >= 15 is 0 Å². The lowest BCUT2D eigenvalue weighted by molar-refractivity contribution is 0.102. The van der Waals surface area contributed by atoms with Gasteiger partial charge in [0.05, 0.1) is 11.8 Å². The molecule has 2 aromatic rings. The van der Waals surface area contributed by atoms with Crippen molar-refractivity contribution in [3.63, 3.8) is 0 Å². The average Bonchev–Trinajstić information content (AvgIpc) is 2.33. The maximum absolute atomic E-state index is 13.4. The van der Waals surface area contributed by atoms with E-state index in [9.17, 15) is 9.18 Å². The standard InChI is InChI=1S/C13H10BrFN2O/c1-8-6-9(14)2-3-12(8)17-13(18)10-4-5-16-7-11(10)15/h2-7H,1H3,(H,17,18). The van der Waals surface area contributed by atoms with Gasteiger partial charge in [-0.2, -0.15) is 0 Å². The molecule has 0 fully saturated rings. The van der Waals surface area contributed by atoms with Crippen LogP contribution in [0.4, 0.5) is 10.1 Å². The number of carbonyl (C=O) groups excluding carboxylic acids is 1. The summed E-state index contributed by atoms with van der Waals surface area (Å²) in [4.78, 5) is 15.5. The second kappa shape index (κ2) is 5.27. The van der Waals surface area contributed by atoms with E-state index in [1.54, 1.807) is 6.07 Å². The number of carbonyl (C=O) groups is 1. The molecule has 0 aliphatic rings. The topological polar surface area (TPSA) is 42.0 Å². The van der Waals surface area contributed by atoms with Crippen LogP contribution in [0.3, 0.4) is 0 Å². The van der Waals surface area contributed by atoms with Gasteiger partial charge in [-0.1, -0.05) is 15.9 Å². The summed E-state index contributed by atoms with van der Waals surface area (Å²) in [6.45, 7) is 1.86. The molecule has 1 aromatic heterocycles. The molecule has 0 atom stereocenters. The number of amides is 1. The predicted molar refractivity (Wildman–Crippen MR) is 71.0 cm³/mol. The number of aromatic nitrogens is 1. The van der Waals surface area contributed by atoms with E-state index in [2.05, 4.69) is 26.2 Å². The fourth-order valence-electron chi connectivity index (χ4n) is 1.52. The summed E-state index contributed by atoms with van der Waals surface area (Å²) < 4.78 is 14.3. The first kappa shape index (κ1) is 12.7. The molecule has 1 amide bonds. The highest BCUT2D eigenvalue weighted by Crippen LogP contribution is 2.20. The molecular weight excluding hydrogens is 299 g/mol. The van der Waals surface area contributed by atoms with Crippen molar-refractivity contribution in [1.82, 2.24) is 4.98 Å². The Balaban J connectivity index is 2.24. The molecule has 0 saturated carbocycles. The summed E-state index contributed by atoms with van der Waals surface area (Å²) in [6, 6.07) is 6.79. The Bertz CT molecular complexity index is 601. The Morgan fingerprint density at radius 2 is 2.17 bits per heavy atom. The molecule has 5 heteroatoms. The van der Waals surface area contributed by atoms with Crippen LogP contribution in [0.25, 0.3) is 0 Å². The van der Waals surface area contributed by atoms with E-state index in [1.807, 2.05) is 19.1 Å². The summed E-state index contributed by atoms with van der Waals surface area (Å²) >= 11 is 3.34. The van der Waals surface area contributed by atoms with Gasteiger partial charge in [-0.15, -0.1) is 0 Å². The van der Waals surface area contributed by atoms with Gasteiger partial charge in [-0.25, -0.2) is 4.39 Å². The van der Waals surface area contributed by atoms with Crippen molar-refractivity contribution in [2.45, 2.75) is 6.92 Å². The summed E-state index contributed by atoms with van der Waals surface area (Å²) in [7, 11) is 0. The summed E-state index contributed by atoms with van der Waals surface area (Å²) in [5.41, 5.74) is 1.53. The second-order valence-corrected chi connectivity index (χ2v) is 4.68. The number of nitrogens with zero attached hydrogens (tertiary/aromatic N) is 1. The second-order valence-electron chi connectivity index (χ2n) is 3.77. The lowest BCUT2D eigenvalue weighted by Crippen LogP contribution is -2.14. The molecule has 0 saturated heterocycles. The predicted octanol–water partition coefficient (Wildman–Crippen LogP) is 3.54. The van der Waals surface area contributed by atoms with Crippen LogP contribution in [0.2, 0.25) is 0 Å². The minimum Gasteiger partial charge on any atom is -0.322 e. The zero-order valence-corrected chi connectivity index (χ0v) is 11.2. The summed E-state index contributed by atoms with van der Waals surface area (Å²) in [5.74, 6) is -1.12. The minimum atomic E-state index is -0.634. The van der Waals surface area contributed by atoms with E-state index in [0.29, 0.717) is 5.69 Å². The number of nitrogens with one attached hydrogen (secondary N) is 1. The highest BCUT2D eigenvalue weighted by Gasteiger charge is 2.12. The molecule has 92 valence electrons. The highest BCUT2D eigenvalue weighted by atomic mass is 79.9. The van der Waals surface area contributed by atoms with E-state index in [0.717, 1.165) is 16.2 Å². The maximum Gasteiger partial charge on any atom is 0.258 e. The first-order chi connectivity index (χ1) is 8.58. The quantitative estimate of drug-likeness (QED) is 0.922. The largest absolute Gasteiger partial charge is 0.322 e. The molecule has 2 rings (SSSR count). The van der Waals surface area contributed by atoms with Gasteiger partial charge in [0.1, 0.15) is 0 Å². The van der Waals surface area contributed by atoms with Gasteiger partial charge in [0, 0.05) is 16.4 Å². The monoisotopic (exact) mass is 308 g/mol. The van der Waals surface area contributed by atoms with Crippen LogP contribution in [-0.2, 0) is 0 Å². The van der Waals surface area contributed by atoms with Crippen molar-refractivity contribution in [2.75, 3.05) is 5.32 Å². The van der Waals surface area contributed by atoms with Crippen molar-refractivity contribution < 1.29 is 9.18 Å². The number of aryl methyl sites for hydroxylation is 1.